The Morgan fingerprint density at radius 1 is 1.53 bits per heavy atom. The summed E-state index contributed by atoms with van der Waals surface area (Å²) < 4.78 is 5.01. The van der Waals surface area contributed by atoms with Gasteiger partial charge in [-0.3, -0.25) is 0 Å². The highest BCUT2D eigenvalue weighted by Crippen LogP contribution is 2.18. The first-order chi connectivity index (χ1) is 8.52. The molecule has 3 N–H and O–H groups in total. The van der Waals surface area contributed by atoms with Crippen LogP contribution in [0.15, 0.2) is 10.4 Å². The quantitative estimate of drug-likeness (QED) is 0.438. The summed E-state index contributed by atoms with van der Waals surface area (Å²) in [5, 5.41) is 6.13. The molecule has 0 fully saturated rings. The van der Waals surface area contributed by atoms with Gasteiger partial charge in [0.25, 0.3) is 0 Å². The maximum Gasteiger partial charge on any atom is 0.189 e. The molecule has 1 atom stereocenters. The number of guanidine groups is 1. The second-order valence-corrected chi connectivity index (χ2v) is 5.47. The molecule has 0 radical (unpaired) electrons. The van der Waals surface area contributed by atoms with E-state index < -0.39 is 0 Å². The summed E-state index contributed by atoms with van der Waals surface area (Å²) in [7, 11) is 1.66. The van der Waals surface area contributed by atoms with Gasteiger partial charge in [-0.05, 0) is 12.8 Å². The van der Waals surface area contributed by atoms with Crippen molar-refractivity contribution in [1.82, 2.24) is 10.3 Å². The first kappa shape index (κ1) is 18.6. The molecule has 0 saturated carbocycles. The van der Waals surface area contributed by atoms with Crippen LogP contribution in [0.3, 0.4) is 0 Å². The normalized spacial score (nSPS) is 13.2. The van der Waals surface area contributed by atoms with E-state index >= 15 is 0 Å². The number of rotatable bonds is 6. The summed E-state index contributed by atoms with van der Waals surface area (Å²) in [6, 6.07) is 0.154. The molecule has 110 valence electrons. The smallest absolute Gasteiger partial charge is 0.189 e. The molecule has 1 rings (SSSR count). The van der Waals surface area contributed by atoms with Gasteiger partial charge >= 0.3 is 0 Å². The minimum atomic E-state index is 0. The van der Waals surface area contributed by atoms with Crippen LogP contribution in [0.2, 0.25) is 0 Å². The molecule has 0 saturated heterocycles. The highest BCUT2D eigenvalue weighted by Gasteiger charge is 2.06. The summed E-state index contributed by atoms with van der Waals surface area (Å²) in [4.78, 5) is 8.77. The predicted molar refractivity (Wildman–Crippen MR) is 91.4 cm³/mol. The highest BCUT2D eigenvalue weighted by atomic mass is 127. The maximum absolute atomic E-state index is 5.78. The fourth-order valence-corrected chi connectivity index (χ4v) is 2.28. The summed E-state index contributed by atoms with van der Waals surface area (Å²) in [6.07, 6.45) is 0. The van der Waals surface area contributed by atoms with Gasteiger partial charge in [-0.25, -0.2) is 9.98 Å². The summed E-state index contributed by atoms with van der Waals surface area (Å²) in [5.41, 5.74) is 6.89. The predicted octanol–water partition coefficient (Wildman–Crippen LogP) is 2.32. The Morgan fingerprint density at radius 3 is 2.74 bits per heavy atom. The van der Waals surface area contributed by atoms with Crippen molar-refractivity contribution in [2.24, 2.45) is 10.7 Å². The molecular weight excluding hydrogens is 375 g/mol. The molecule has 1 unspecified atom stereocenters. The van der Waals surface area contributed by atoms with Crippen LogP contribution in [0, 0.1) is 0 Å². The third-order valence-electron chi connectivity index (χ3n) is 2.36. The van der Waals surface area contributed by atoms with Crippen LogP contribution < -0.4 is 11.1 Å². The van der Waals surface area contributed by atoms with Crippen LogP contribution >= 0.6 is 35.3 Å². The molecule has 1 heterocycles. The number of nitrogens with zero attached hydrogens (tertiary/aromatic N) is 2. The molecule has 0 amide bonds. The number of nitrogens with one attached hydrogen (secondary N) is 1. The van der Waals surface area contributed by atoms with E-state index in [1.165, 1.54) is 0 Å². The zero-order chi connectivity index (χ0) is 13.5. The van der Waals surface area contributed by atoms with Crippen LogP contribution in [-0.4, -0.2) is 30.7 Å². The third-order valence-corrected chi connectivity index (χ3v) is 3.21. The SMILES string of the molecule is COCC(C)NC(N)=NCc1nc(C(C)C)cs1.I. The Bertz CT molecular complexity index is 395. The van der Waals surface area contributed by atoms with Crippen LogP contribution in [0.1, 0.15) is 37.4 Å². The molecule has 0 aliphatic carbocycles. The second-order valence-electron chi connectivity index (χ2n) is 4.52. The fourth-order valence-electron chi connectivity index (χ4n) is 1.41. The number of methoxy groups -OCH3 is 1. The van der Waals surface area contributed by atoms with Gasteiger partial charge in [0.1, 0.15) is 5.01 Å². The van der Waals surface area contributed by atoms with Gasteiger partial charge in [-0.1, -0.05) is 13.8 Å². The molecule has 0 aromatic carbocycles. The third kappa shape index (κ3) is 7.07. The fraction of sp³-hybridized carbons (Fsp3) is 0.667. The minimum Gasteiger partial charge on any atom is -0.383 e. The average molecular weight is 398 g/mol. The topological polar surface area (TPSA) is 72.5 Å². The number of aliphatic imine (C=N–C) groups is 1. The summed E-state index contributed by atoms with van der Waals surface area (Å²) >= 11 is 1.62. The van der Waals surface area contributed by atoms with E-state index in [9.17, 15) is 0 Å². The van der Waals surface area contributed by atoms with Crippen molar-refractivity contribution in [2.75, 3.05) is 13.7 Å². The Kier molecular flexibility index (Phi) is 9.28. The zero-order valence-corrected chi connectivity index (χ0v) is 15.0. The molecule has 0 bridgehead atoms. The highest BCUT2D eigenvalue weighted by molar-refractivity contribution is 14.0. The number of nitrogens with two attached hydrogens (primary N) is 1. The molecule has 0 aliphatic heterocycles. The zero-order valence-electron chi connectivity index (χ0n) is 11.8. The number of thiazole rings is 1. The van der Waals surface area contributed by atoms with E-state index in [2.05, 4.69) is 34.5 Å². The molecule has 5 nitrogen and oxygen atoms in total. The lowest BCUT2D eigenvalue weighted by atomic mass is 10.2. The maximum atomic E-state index is 5.78. The van der Waals surface area contributed by atoms with Crippen LogP contribution in [-0.2, 0) is 11.3 Å². The van der Waals surface area contributed by atoms with E-state index in [1.807, 2.05) is 6.92 Å². The van der Waals surface area contributed by atoms with Crippen molar-refractivity contribution in [2.45, 2.75) is 39.3 Å². The number of halogens is 1. The molecule has 1 aromatic heterocycles. The molecule has 0 spiro atoms. The van der Waals surface area contributed by atoms with E-state index in [0.717, 1.165) is 10.7 Å². The van der Waals surface area contributed by atoms with E-state index in [-0.39, 0.29) is 30.0 Å². The Morgan fingerprint density at radius 2 is 2.21 bits per heavy atom. The van der Waals surface area contributed by atoms with Gasteiger partial charge in [0.05, 0.1) is 18.8 Å². The molecule has 0 aliphatic rings. The van der Waals surface area contributed by atoms with E-state index in [0.29, 0.717) is 25.0 Å². The molecular formula is C12H23IN4OS. The average Bonchev–Trinajstić information content (AvgIpc) is 2.75. The largest absolute Gasteiger partial charge is 0.383 e. The standard InChI is InChI=1S/C12H22N4OS.HI/c1-8(2)10-7-18-11(16-10)5-14-12(13)15-9(3)6-17-4;/h7-9H,5-6H2,1-4H3,(H3,13,14,15);1H. The van der Waals surface area contributed by atoms with Crippen molar-refractivity contribution >= 4 is 41.3 Å². The van der Waals surface area contributed by atoms with Crippen LogP contribution in [0.5, 0.6) is 0 Å². The van der Waals surface area contributed by atoms with E-state index in [4.69, 9.17) is 10.5 Å². The van der Waals surface area contributed by atoms with Crippen molar-refractivity contribution in [3.05, 3.63) is 16.1 Å². The van der Waals surface area contributed by atoms with Gasteiger partial charge in [-0.2, -0.15) is 0 Å². The lowest BCUT2D eigenvalue weighted by molar-refractivity contribution is 0.179. The van der Waals surface area contributed by atoms with Crippen LogP contribution in [0.4, 0.5) is 0 Å². The first-order valence-corrected chi connectivity index (χ1v) is 6.90. The van der Waals surface area contributed by atoms with Crippen molar-refractivity contribution in [1.29, 1.82) is 0 Å². The van der Waals surface area contributed by atoms with E-state index in [1.54, 1.807) is 18.4 Å². The number of ether oxygens (including phenoxy) is 1. The molecule has 7 heteroatoms. The van der Waals surface area contributed by atoms with Gasteiger partial charge in [0.15, 0.2) is 5.96 Å². The Hall–Kier alpha value is -0.410. The Labute approximate surface area is 136 Å². The van der Waals surface area contributed by atoms with Crippen LogP contribution in [0.25, 0.3) is 0 Å². The van der Waals surface area contributed by atoms with Gasteiger partial charge in [0, 0.05) is 18.5 Å². The lowest BCUT2D eigenvalue weighted by Gasteiger charge is -2.12. The lowest BCUT2D eigenvalue weighted by Crippen LogP contribution is -2.40. The Balaban J connectivity index is 0.00000324. The second kappa shape index (κ2) is 9.49. The minimum absolute atomic E-state index is 0. The number of hydrogen-bond donors (Lipinski definition) is 2. The van der Waals surface area contributed by atoms with Crippen molar-refractivity contribution < 1.29 is 4.74 Å². The van der Waals surface area contributed by atoms with Gasteiger partial charge in [-0.15, -0.1) is 35.3 Å². The van der Waals surface area contributed by atoms with Crippen molar-refractivity contribution in [3.8, 4) is 0 Å². The number of hydrogen-bond acceptors (Lipinski definition) is 4. The van der Waals surface area contributed by atoms with Gasteiger partial charge < -0.3 is 15.8 Å². The number of aromatic nitrogens is 1. The molecule has 19 heavy (non-hydrogen) atoms. The summed E-state index contributed by atoms with van der Waals surface area (Å²) in [5.74, 6) is 0.886. The van der Waals surface area contributed by atoms with Crippen molar-refractivity contribution in [3.63, 3.8) is 0 Å². The monoisotopic (exact) mass is 398 g/mol. The first-order valence-electron chi connectivity index (χ1n) is 6.02. The summed E-state index contributed by atoms with van der Waals surface area (Å²) in [6.45, 7) is 7.38. The van der Waals surface area contributed by atoms with Gasteiger partial charge in [0.2, 0.25) is 0 Å². The molecule has 1 aromatic rings.